The third-order valence-corrected chi connectivity index (χ3v) is 4.07. The van der Waals surface area contributed by atoms with E-state index in [9.17, 15) is 14.7 Å². The number of hydrogen-bond acceptors (Lipinski definition) is 4. The lowest BCUT2D eigenvalue weighted by atomic mass is 9.94. The van der Waals surface area contributed by atoms with Crippen molar-refractivity contribution < 1.29 is 24.5 Å². The number of ether oxygens (including phenoxy) is 1. The van der Waals surface area contributed by atoms with Gasteiger partial charge in [-0.3, -0.25) is 0 Å². The number of carboxylic acids is 1. The number of nitrogens with zero attached hydrogens (tertiary/aromatic N) is 2. The Labute approximate surface area is 118 Å². The Bertz CT molecular complexity index is 381. The van der Waals surface area contributed by atoms with Crippen molar-refractivity contribution in [3.63, 3.8) is 0 Å². The first kappa shape index (κ1) is 15.1. The summed E-state index contributed by atoms with van der Waals surface area (Å²) in [5.74, 6) is -0.964. The number of amides is 2. The van der Waals surface area contributed by atoms with Crippen molar-refractivity contribution in [3.8, 4) is 0 Å². The molecule has 2 heterocycles. The Morgan fingerprint density at radius 2 is 2.05 bits per heavy atom. The topological polar surface area (TPSA) is 90.3 Å². The number of hydrogen-bond donors (Lipinski definition) is 2. The lowest BCUT2D eigenvalue weighted by Gasteiger charge is -2.37. The van der Waals surface area contributed by atoms with Gasteiger partial charge >= 0.3 is 12.0 Å². The first-order chi connectivity index (χ1) is 9.43. The predicted molar refractivity (Wildman–Crippen MR) is 70.4 cm³/mol. The van der Waals surface area contributed by atoms with Gasteiger partial charge < -0.3 is 24.7 Å². The zero-order valence-corrected chi connectivity index (χ0v) is 11.7. The van der Waals surface area contributed by atoms with Crippen LogP contribution in [-0.4, -0.2) is 77.0 Å². The van der Waals surface area contributed by atoms with E-state index in [2.05, 4.69) is 0 Å². The molecule has 0 aromatic rings. The van der Waals surface area contributed by atoms with Crippen LogP contribution in [0.5, 0.6) is 0 Å². The molecule has 2 amide bonds. The van der Waals surface area contributed by atoms with E-state index in [0.29, 0.717) is 45.4 Å². The number of rotatable bonds is 3. The molecule has 2 saturated heterocycles. The predicted octanol–water partition coefficient (Wildman–Crippen LogP) is 0.129. The van der Waals surface area contributed by atoms with Crippen LogP contribution in [0.15, 0.2) is 0 Å². The van der Waals surface area contributed by atoms with Crippen molar-refractivity contribution in [2.75, 3.05) is 33.4 Å². The number of likely N-dealkylation sites (tertiary alicyclic amines) is 1. The number of urea groups is 1. The molecule has 0 spiro atoms. The zero-order chi connectivity index (χ0) is 14.8. The fourth-order valence-corrected chi connectivity index (χ4v) is 2.89. The molecule has 2 rings (SSSR count). The molecule has 7 heteroatoms. The second-order valence-corrected chi connectivity index (χ2v) is 5.67. The maximum Gasteiger partial charge on any atom is 0.326 e. The third-order valence-electron chi connectivity index (χ3n) is 4.07. The van der Waals surface area contributed by atoms with Crippen molar-refractivity contribution >= 4 is 12.0 Å². The Balaban J connectivity index is 1.96. The molecule has 0 aromatic heterocycles. The summed E-state index contributed by atoms with van der Waals surface area (Å²) in [5.41, 5.74) is -0.929. The van der Waals surface area contributed by atoms with Gasteiger partial charge in [0.1, 0.15) is 6.04 Å². The molecular formula is C13H22N2O5. The van der Waals surface area contributed by atoms with Gasteiger partial charge in [0.25, 0.3) is 0 Å². The summed E-state index contributed by atoms with van der Waals surface area (Å²) in [6, 6.07) is -1.07. The fraction of sp³-hybridized carbons (Fsp3) is 0.846. The summed E-state index contributed by atoms with van der Waals surface area (Å²) >= 11 is 0. The Kier molecular flexibility index (Phi) is 4.49. The summed E-state index contributed by atoms with van der Waals surface area (Å²) < 4.78 is 5.20. The van der Waals surface area contributed by atoms with Gasteiger partial charge in [0, 0.05) is 39.6 Å². The molecule has 0 bridgehead atoms. The maximum atomic E-state index is 12.3. The van der Waals surface area contributed by atoms with E-state index < -0.39 is 17.6 Å². The van der Waals surface area contributed by atoms with Gasteiger partial charge in [-0.2, -0.15) is 0 Å². The van der Waals surface area contributed by atoms with Crippen molar-refractivity contribution in [1.82, 2.24) is 9.80 Å². The minimum atomic E-state index is -0.964. The number of carbonyl (C=O) groups is 2. The molecule has 0 aliphatic carbocycles. The highest BCUT2D eigenvalue weighted by Gasteiger charge is 2.38. The van der Waals surface area contributed by atoms with Crippen molar-refractivity contribution in [2.45, 2.75) is 37.3 Å². The molecule has 0 unspecified atom stereocenters. The van der Waals surface area contributed by atoms with Crippen LogP contribution < -0.4 is 0 Å². The molecule has 2 aliphatic rings. The number of carbonyl (C=O) groups excluding carboxylic acids is 1. The largest absolute Gasteiger partial charge is 0.480 e. The van der Waals surface area contributed by atoms with Gasteiger partial charge in [-0.05, 0) is 12.8 Å². The van der Waals surface area contributed by atoms with Crippen LogP contribution in [0.25, 0.3) is 0 Å². The smallest absolute Gasteiger partial charge is 0.326 e. The minimum Gasteiger partial charge on any atom is -0.480 e. The average Bonchev–Trinajstić information content (AvgIpc) is 2.87. The number of aliphatic carboxylic acids is 1. The molecule has 114 valence electrons. The van der Waals surface area contributed by atoms with E-state index >= 15 is 0 Å². The quantitative estimate of drug-likeness (QED) is 0.769. The monoisotopic (exact) mass is 286 g/mol. The third kappa shape index (κ3) is 3.21. The van der Waals surface area contributed by atoms with Crippen LogP contribution in [0.2, 0.25) is 0 Å². The highest BCUT2D eigenvalue weighted by Crippen LogP contribution is 2.23. The van der Waals surface area contributed by atoms with Crippen LogP contribution in [0.1, 0.15) is 25.7 Å². The Morgan fingerprint density at radius 3 is 2.65 bits per heavy atom. The van der Waals surface area contributed by atoms with Crippen molar-refractivity contribution in [1.29, 1.82) is 0 Å². The molecule has 1 atom stereocenters. The zero-order valence-electron chi connectivity index (χ0n) is 11.7. The van der Waals surface area contributed by atoms with Gasteiger partial charge in [-0.15, -0.1) is 0 Å². The maximum absolute atomic E-state index is 12.3. The van der Waals surface area contributed by atoms with Crippen LogP contribution >= 0.6 is 0 Å². The highest BCUT2D eigenvalue weighted by molar-refractivity contribution is 5.83. The van der Waals surface area contributed by atoms with Gasteiger partial charge in [0.15, 0.2) is 0 Å². The van der Waals surface area contributed by atoms with Gasteiger partial charge in [-0.25, -0.2) is 9.59 Å². The van der Waals surface area contributed by atoms with E-state index in [-0.39, 0.29) is 12.6 Å². The van der Waals surface area contributed by atoms with Gasteiger partial charge in [-0.1, -0.05) is 0 Å². The summed E-state index contributed by atoms with van der Waals surface area (Å²) in [7, 11) is 1.60. The van der Waals surface area contributed by atoms with Gasteiger partial charge in [0.05, 0.1) is 12.1 Å². The van der Waals surface area contributed by atoms with E-state index in [1.807, 2.05) is 0 Å². The molecular weight excluding hydrogens is 264 g/mol. The minimum absolute atomic E-state index is 0.206. The second-order valence-electron chi connectivity index (χ2n) is 5.67. The normalized spacial score (nSPS) is 25.5. The SMILES string of the molecule is CN(CC1(O)CCOCC1)C(=O)N1CCC[C@@H]1C(=O)O. The molecule has 0 radical (unpaired) electrons. The van der Waals surface area contributed by atoms with Gasteiger partial charge in [0.2, 0.25) is 0 Å². The number of carboxylic acid groups (broad SMARTS) is 1. The molecule has 2 aliphatic heterocycles. The molecule has 2 N–H and O–H groups in total. The average molecular weight is 286 g/mol. The van der Waals surface area contributed by atoms with Crippen LogP contribution in [0.3, 0.4) is 0 Å². The fourth-order valence-electron chi connectivity index (χ4n) is 2.89. The number of aliphatic hydroxyl groups is 1. The van der Waals surface area contributed by atoms with Crippen LogP contribution in [0.4, 0.5) is 4.79 Å². The summed E-state index contributed by atoms with van der Waals surface area (Å²) in [5, 5.41) is 19.5. The molecule has 2 fully saturated rings. The summed E-state index contributed by atoms with van der Waals surface area (Å²) in [6.07, 6.45) is 2.18. The Hall–Kier alpha value is -1.34. The standard InChI is InChI=1S/C13H22N2O5/c1-14(9-13(19)4-7-20-8-5-13)12(18)15-6-2-3-10(15)11(16)17/h10,19H,2-9H2,1H3,(H,16,17)/t10-/m1/s1. The van der Waals surface area contributed by atoms with E-state index in [4.69, 9.17) is 9.84 Å². The lowest BCUT2D eigenvalue weighted by molar-refractivity contribution is -0.141. The second kappa shape index (κ2) is 5.97. The highest BCUT2D eigenvalue weighted by atomic mass is 16.5. The van der Waals surface area contributed by atoms with Crippen LogP contribution in [-0.2, 0) is 9.53 Å². The van der Waals surface area contributed by atoms with E-state index in [0.717, 1.165) is 0 Å². The molecule has 0 saturated carbocycles. The Morgan fingerprint density at radius 1 is 1.40 bits per heavy atom. The first-order valence-corrected chi connectivity index (χ1v) is 6.98. The summed E-state index contributed by atoms with van der Waals surface area (Å²) in [4.78, 5) is 26.2. The lowest BCUT2D eigenvalue weighted by Crippen LogP contribution is -2.52. The van der Waals surface area contributed by atoms with Crippen molar-refractivity contribution in [2.24, 2.45) is 0 Å². The van der Waals surface area contributed by atoms with Crippen LogP contribution in [0, 0.1) is 0 Å². The molecule has 0 aromatic carbocycles. The molecule has 7 nitrogen and oxygen atoms in total. The van der Waals surface area contributed by atoms with E-state index in [1.165, 1.54) is 9.80 Å². The van der Waals surface area contributed by atoms with Crippen molar-refractivity contribution in [3.05, 3.63) is 0 Å². The molecule has 20 heavy (non-hydrogen) atoms. The van der Waals surface area contributed by atoms with E-state index in [1.54, 1.807) is 7.05 Å². The number of likely N-dealkylation sites (N-methyl/N-ethyl adjacent to an activating group) is 1. The first-order valence-electron chi connectivity index (χ1n) is 6.98. The summed E-state index contributed by atoms with van der Waals surface area (Å²) in [6.45, 7) is 1.64.